The zero-order valence-electron chi connectivity index (χ0n) is 11.2. The van der Waals surface area contributed by atoms with E-state index in [1.54, 1.807) is 0 Å². The monoisotopic (exact) mass is 254 g/mol. The average Bonchev–Trinajstić information content (AvgIpc) is 2.38. The standard InChI is InChI=1S/C14H23ClN2/c1-4-6-7-8-17(3)14-10-12(11-15)9-13(5-2)16-14/h9-10H,4-8,11H2,1-3H3. The van der Waals surface area contributed by atoms with Crippen molar-refractivity contribution in [1.29, 1.82) is 0 Å². The molecule has 1 aromatic heterocycles. The third kappa shape index (κ3) is 4.55. The summed E-state index contributed by atoms with van der Waals surface area (Å²) in [5.74, 6) is 1.61. The third-order valence-electron chi connectivity index (χ3n) is 2.93. The smallest absolute Gasteiger partial charge is 0.128 e. The fourth-order valence-electron chi connectivity index (χ4n) is 1.80. The van der Waals surface area contributed by atoms with E-state index < -0.39 is 0 Å². The molecule has 0 spiro atoms. The van der Waals surface area contributed by atoms with Gasteiger partial charge < -0.3 is 4.90 Å². The van der Waals surface area contributed by atoms with Gasteiger partial charge in [0.1, 0.15) is 5.82 Å². The molecule has 0 saturated carbocycles. The lowest BCUT2D eigenvalue weighted by molar-refractivity contribution is 0.700. The van der Waals surface area contributed by atoms with Crippen molar-refractivity contribution in [3.63, 3.8) is 0 Å². The first-order valence-electron chi connectivity index (χ1n) is 6.48. The largest absolute Gasteiger partial charge is 0.360 e. The van der Waals surface area contributed by atoms with E-state index >= 15 is 0 Å². The summed E-state index contributed by atoms with van der Waals surface area (Å²) < 4.78 is 0. The summed E-state index contributed by atoms with van der Waals surface area (Å²) in [5, 5.41) is 0. The maximum atomic E-state index is 5.91. The fourth-order valence-corrected chi connectivity index (χ4v) is 1.95. The lowest BCUT2D eigenvalue weighted by Gasteiger charge is -2.19. The molecule has 0 unspecified atom stereocenters. The van der Waals surface area contributed by atoms with Crippen LogP contribution in [0.15, 0.2) is 12.1 Å². The number of anilines is 1. The summed E-state index contributed by atoms with van der Waals surface area (Å²) in [7, 11) is 2.11. The number of hydrogen-bond donors (Lipinski definition) is 0. The van der Waals surface area contributed by atoms with Crippen LogP contribution in [-0.4, -0.2) is 18.6 Å². The van der Waals surface area contributed by atoms with E-state index in [-0.39, 0.29) is 0 Å². The van der Waals surface area contributed by atoms with E-state index in [2.05, 4.69) is 42.9 Å². The molecule has 0 radical (unpaired) electrons. The molecule has 0 aliphatic heterocycles. The van der Waals surface area contributed by atoms with Gasteiger partial charge in [-0.3, -0.25) is 0 Å². The van der Waals surface area contributed by atoms with E-state index in [1.807, 2.05) is 0 Å². The van der Waals surface area contributed by atoms with Gasteiger partial charge in [-0.2, -0.15) is 0 Å². The topological polar surface area (TPSA) is 16.1 Å². The van der Waals surface area contributed by atoms with Gasteiger partial charge in [0, 0.05) is 25.2 Å². The number of halogens is 1. The van der Waals surface area contributed by atoms with E-state index in [4.69, 9.17) is 11.6 Å². The third-order valence-corrected chi connectivity index (χ3v) is 3.24. The maximum absolute atomic E-state index is 5.91. The zero-order chi connectivity index (χ0) is 12.7. The molecular formula is C14H23ClN2. The Morgan fingerprint density at radius 1 is 1.24 bits per heavy atom. The second kappa shape index (κ2) is 7.54. The number of alkyl halides is 1. The molecular weight excluding hydrogens is 232 g/mol. The summed E-state index contributed by atoms with van der Waals surface area (Å²) in [6, 6.07) is 4.19. The number of aryl methyl sites for hydroxylation is 1. The van der Waals surface area contributed by atoms with Crippen molar-refractivity contribution < 1.29 is 0 Å². The van der Waals surface area contributed by atoms with E-state index in [0.717, 1.165) is 30.0 Å². The molecule has 0 atom stereocenters. The first-order valence-corrected chi connectivity index (χ1v) is 7.01. The van der Waals surface area contributed by atoms with Gasteiger partial charge in [-0.15, -0.1) is 11.6 Å². The minimum atomic E-state index is 0.561. The molecule has 0 aromatic carbocycles. The highest BCUT2D eigenvalue weighted by Gasteiger charge is 2.05. The number of aromatic nitrogens is 1. The number of nitrogens with zero attached hydrogens (tertiary/aromatic N) is 2. The van der Waals surface area contributed by atoms with Gasteiger partial charge in [-0.25, -0.2) is 4.98 Å². The van der Waals surface area contributed by atoms with Crippen LogP contribution in [0.2, 0.25) is 0 Å². The minimum absolute atomic E-state index is 0.561. The highest BCUT2D eigenvalue weighted by Crippen LogP contribution is 2.16. The molecule has 96 valence electrons. The molecule has 0 N–H and O–H groups in total. The predicted molar refractivity (Wildman–Crippen MR) is 76.0 cm³/mol. The Labute approximate surface area is 110 Å². The molecule has 0 fully saturated rings. The molecule has 1 aromatic rings. The summed E-state index contributed by atoms with van der Waals surface area (Å²) in [6.45, 7) is 5.42. The molecule has 1 rings (SSSR count). The van der Waals surface area contributed by atoms with Crippen LogP contribution in [0.5, 0.6) is 0 Å². The van der Waals surface area contributed by atoms with Crippen LogP contribution in [0.3, 0.4) is 0 Å². The Morgan fingerprint density at radius 2 is 2.00 bits per heavy atom. The van der Waals surface area contributed by atoms with Crippen molar-refractivity contribution in [2.75, 3.05) is 18.5 Å². The van der Waals surface area contributed by atoms with Crippen LogP contribution in [-0.2, 0) is 12.3 Å². The summed E-state index contributed by atoms with van der Waals surface area (Å²) in [4.78, 5) is 6.87. The van der Waals surface area contributed by atoms with Crippen molar-refractivity contribution in [3.05, 3.63) is 23.4 Å². The van der Waals surface area contributed by atoms with E-state index in [9.17, 15) is 0 Å². The number of hydrogen-bond acceptors (Lipinski definition) is 2. The van der Waals surface area contributed by atoms with Gasteiger partial charge in [-0.05, 0) is 30.5 Å². The SMILES string of the molecule is CCCCCN(C)c1cc(CCl)cc(CC)n1. The Kier molecular flexibility index (Phi) is 6.35. The second-order valence-electron chi connectivity index (χ2n) is 4.44. The highest BCUT2D eigenvalue weighted by atomic mass is 35.5. The van der Waals surface area contributed by atoms with Crippen molar-refractivity contribution >= 4 is 17.4 Å². The molecule has 2 nitrogen and oxygen atoms in total. The Morgan fingerprint density at radius 3 is 2.59 bits per heavy atom. The molecule has 0 aliphatic carbocycles. The van der Waals surface area contributed by atoms with E-state index in [0.29, 0.717) is 5.88 Å². The van der Waals surface area contributed by atoms with Crippen LogP contribution in [0.4, 0.5) is 5.82 Å². The van der Waals surface area contributed by atoms with Crippen LogP contribution in [0.25, 0.3) is 0 Å². The average molecular weight is 255 g/mol. The normalized spacial score (nSPS) is 10.6. The molecule has 0 bridgehead atoms. The first kappa shape index (κ1) is 14.3. The number of pyridine rings is 1. The van der Waals surface area contributed by atoms with Gasteiger partial charge >= 0.3 is 0 Å². The first-order chi connectivity index (χ1) is 8.21. The van der Waals surface area contributed by atoms with Crippen LogP contribution >= 0.6 is 11.6 Å². The Hall–Kier alpha value is -0.760. The number of unbranched alkanes of at least 4 members (excludes halogenated alkanes) is 2. The summed E-state index contributed by atoms with van der Waals surface area (Å²) in [5.41, 5.74) is 2.29. The minimum Gasteiger partial charge on any atom is -0.360 e. The van der Waals surface area contributed by atoms with Gasteiger partial charge in [-0.1, -0.05) is 26.7 Å². The van der Waals surface area contributed by atoms with Crippen molar-refractivity contribution in [2.45, 2.75) is 45.4 Å². The van der Waals surface area contributed by atoms with Gasteiger partial charge in [0.15, 0.2) is 0 Å². The molecule has 17 heavy (non-hydrogen) atoms. The summed E-state index contributed by atoms with van der Waals surface area (Å²) in [6.07, 6.45) is 4.71. The fraction of sp³-hybridized carbons (Fsp3) is 0.643. The van der Waals surface area contributed by atoms with Crippen molar-refractivity contribution in [3.8, 4) is 0 Å². The zero-order valence-corrected chi connectivity index (χ0v) is 11.9. The Balaban J connectivity index is 2.73. The van der Waals surface area contributed by atoms with Crippen LogP contribution in [0, 0.1) is 0 Å². The maximum Gasteiger partial charge on any atom is 0.128 e. The predicted octanol–water partition coefficient (Wildman–Crippen LogP) is 4.01. The highest BCUT2D eigenvalue weighted by molar-refractivity contribution is 6.17. The van der Waals surface area contributed by atoms with Gasteiger partial charge in [0.05, 0.1) is 0 Å². The molecule has 0 aliphatic rings. The van der Waals surface area contributed by atoms with Crippen LogP contribution in [0.1, 0.15) is 44.4 Å². The van der Waals surface area contributed by atoms with Gasteiger partial charge in [0.2, 0.25) is 0 Å². The summed E-state index contributed by atoms with van der Waals surface area (Å²) >= 11 is 5.91. The lowest BCUT2D eigenvalue weighted by atomic mass is 10.2. The lowest BCUT2D eigenvalue weighted by Crippen LogP contribution is -2.20. The number of rotatable bonds is 7. The van der Waals surface area contributed by atoms with E-state index in [1.165, 1.54) is 19.3 Å². The molecule has 1 heterocycles. The van der Waals surface area contributed by atoms with Crippen molar-refractivity contribution in [1.82, 2.24) is 4.98 Å². The van der Waals surface area contributed by atoms with Crippen LogP contribution < -0.4 is 4.90 Å². The van der Waals surface area contributed by atoms with Crippen molar-refractivity contribution in [2.24, 2.45) is 0 Å². The van der Waals surface area contributed by atoms with Gasteiger partial charge in [0.25, 0.3) is 0 Å². The quantitative estimate of drug-likeness (QED) is 0.540. The second-order valence-corrected chi connectivity index (χ2v) is 4.71. The molecule has 3 heteroatoms. The Bertz CT molecular complexity index is 317. The molecule has 0 amide bonds. The molecule has 0 saturated heterocycles.